The molecule has 1 heterocycles. The Bertz CT molecular complexity index is 895. The van der Waals surface area contributed by atoms with Crippen LogP contribution in [0.4, 0.5) is 5.00 Å². The predicted molar refractivity (Wildman–Crippen MR) is 100 cm³/mol. The predicted octanol–water partition coefficient (Wildman–Crippen LogP) is 3.85. The van der Waals surface area contributed by atoms with Gasteiger partial charge in [-0.3, -0.25) is 4.79 Å². The minimum Gasteiger partial charge on any atom is -0.452 e. The van der Waals surface area contributed by atoms with Crippen molar-refractivity contribution in [3.63, 3.8) is 0 Å². The van der Waals surface area contributed by atoms with Crippen LogP contribution in [0.25, 0.3) is 0 Å². The number of hydrogen-bond acceptors (Lipinski definition) is 5. The molecular formula is C20H20N2O3S. The number of anilines is 1. The van der Waals surface area contributed by atoms with Crippen molar-refractivity contribution in [3.8, 4) is 6.07 Å². The van der Waals surface area contributed by atoms with Gasteiger partial charge in [0, 0.05) is 4.88 Å². The van der Waals surface area contributed by atoms with Crippen LogP contribution in [-0.2, 0) is 22.4 Å². The van der Waals surface area contributed by atoms with E-state index < -0.39 is 11.9 Å². The monoisotopic (exact) mass is 368 g/mol. The maximum atomic E-state index is 12.2. The van der Waals surface area contributed by atoms with Gasteiger partial charge in [0.1, 0.15) is 11.1 Å². The summed E-state index contributed by atoms with van der Waals surface area (Å²) in [6, 6.07) is 9.27. The minimum absolute atomic E-state index is 0.378. The molecule has 6 heteroatoms. The number of amides is 1. The number of hydrogen-bond donors (Lipinski definition) is 1. The average molecular weight is 368 g/mol. The molecule has 1 aliphatic rings. The zero-order chi connectivity index (χ0) is 18.7. The number of nitrogens with one attached hydrogen (secondary N) is 1. The first kappa shape index (κ1) is 18.2. The molecule has 0 fully saturated rings. The summed E-state index contributed by atoms with van der Waals surface area (Å²) in [6.07, 6.45) is 2.86. The summed E-state index contributed by atoms with van der Waals surface area (Å²) in [5, 5.41) is 12.8. The molecule has 0 bridgehead atoms. The third-order valence-corrected chi connectivity index (χ3v) is 5.75. The highest BCUT2D eigenvalue weighted by atomic mass is 32.1. The number of carbonyl (C=O) groups is 2. The Morgan fingerprint density at radius 2 is 2.15 bits per heavy atom. The highest BCUT2D eigenvalue weighted by Crippen LogP contribution is 2.39. The van der Waals surface area contributed by atoms with E-state index in [0.717, 1.165) is 30.4 Å². The van der Waals surface area contributed by atoms with Gasteiger partial charge in [0.05, 0.1) is 11.1 Å². The summed E-state index contributed by atoms with van der Waals surface area (Å²) in [7, 11) is 0. The minimum atomic E-state index is -0.530. The fourth-order valence-corrected chi connectivity index (χ4v) is 4.51. The summed E-state index contributed by atoms with van der Waals surface area (Å²) in [6.45, 7) is 3.63. The van der Waals surface area contributed by atoms with E-state index in [9.17, 15) is 14.9 Å². The van der Waals surface area contributed by atoms with Gasteiger partial charge in [-0.05, 0) is 49.3 Å². The zero-order valence-corrected chi connectivity index (χ0v) is 15.6. The molecule has 1 aromatic heterocycles. The molecule has 1 aliphatic carbocycles. The third kappa shape index (κ3) is 3.78. The number of rotatable bonds is 4. The second-order valence-corrected chi connectivity index (χ2v) is 7.71. The number of nitrogens with zero attached hydrogens (tertiary/aromatic N) is 1. The Labute approximate surface area is 156 Å². The molecule has 0 saturated carbocycles. The molecule has 0 saturated heterocycles. The average Bonchev–Trinajstić information content (AvgIpc) is 2.95. The highest BCUT2D eigenvalue weighted by Gasteiger charge is 2.24. The quantitative estimate of drug-likeness (QED) is 0.832. The smallest absolute Gasteiger partial charge is 0.338 e. The number of benzene rings is 1. The van der Waals surface area contributed by atoms with Gasteiger partial charge in [0.25, 0.3) is 5.91 Å². The van der Waals surface area contributed by atoms with E-state index in [0.29, 0.717) is 22.0 Å². The molecule has 1 N–H and O–H groups in total. The van der Waals surface area contributed by atoms with Gasteiger partial charge in [-0.25, -0.2) is 4.79 Å². The van der Waals surface area contributed by atoms with Crippen LogP contribution in [0, 0.1) is 24.2 Å². The molecule has 0 aliphatic heterocycles. The van der Waals surface area contributed by atoms with E-state index in [4.69, 9.17) is 4.74 Å². The van der Waals surface area contributed by atoms with Crippen molar-refractivity contribution in [2.45, 2.75) is 33.1 Å². The van der Waals surface area contributed by atoms with Crippen LogP contribution in [0.3, 0.4) is 0 Å². The van der Waals surface area contributed by atoms with Gasteiger partial charge in [-0.15, -0.1) is 11.3 Å². The van der Waals surface area contributed by atoms with Crippen LogP contribution in [0.1, 0.15) is 45.3 Å². The molecular weight excluding hydrogens is 348 g/mol. The molecule has 1 amide bonds. The van der Waals surface area contributed by atoms with Gasteiger partial charge < -0.3 is 10.1 Å². The first-order chi connectivity index (χ1) is 12.5. The first-order valence-electron chi connectivity index (χ1n) is 8.56. The molecule has 26 heavy (non-hydrogen) atoms. The van der Waals surface area contributed by atoms with Crippen molar-refractivity contribution in [1.29, 1.82) is 5.26 Å². The number of ether oxygens (including phenoxy) is 1. The summed E-state index contributed by atoms with van der Waals surface area (Å²) in [5.41, 5.74) is 2.85. The molecule has 5 nitrogen and oxygen atoms in total. The number of thiophene rings is 1. The fraction of sp³-hybridized carbons (Fsp3) is 0.350. The fourth-order valence-electron chi connectivity index (χ4n) is 3.13. The summed E-state index contributed by atoms with van der Waals surface area (Å²) in [4.78, 5) is 25.4. The SMILES string of the molecule is Cc1ccccc1C(=O)OCC(=O)Nc1sc2c(c1C#N)CCC(C)C2. The normalized spacial score (nSPS) is 15.7. The zero-order valence-electron chi connectivity index (χ0n) is 14.8. The third-order valence-electron chi connectivity index (χ3n) is 4.58. The van der Waals surface area contributed by atoms with Gasteiger partial charge in [0.15, 0.2) is 6.61 Å². The molecule has 0 radical (unpaired) electrons. The number of esters is 1. The van der Waals surface area contributed by atoms with E-state index >= 15 is 0 Å². The topological polar surface area (TPSA) is 79.2 Å². The molecule has 1 unspecified atom stereocenters. The van der Waals surface area contributed by atoms with E-state index in [2.05, 4.69) is 18.3 Å². The van der Waals surface area contributed by atoms with E-state index in [1.54, 1.807) is 12.1 Å². The van der Waals surface area contributed by atoms with Gasteiger partial charge in [-0.2, -0.15) is 5.26 Å². The Kier molecular flexibility index (Phi) is 5.38. The lowest BCUT2D eigenvalue weighted by Crippen LogP contribution is -2.21. The lowest BCUT2D eigenvalue weighted by atomic mass is 9.89. The van der Waals surface area contributed by atoms with Gasteiger partial charge in [0.2, 0.25) is 0 Å². The summed E-state index contributed by atoms with van der Waals surface area (Å²) >= 11 is 1.46. The number of aryl methyl sites for hydroxylation is 1. The highest BCUT2D eigenvalue weighted by molar-refractivity contribution is 7.16. The Balaban J connectivity index is 1.65. The maximum Gasteiger partial charge on any atom is 0.338 e. The van der Waals surface area contributed by atoms with E-state index in [1.165, 1.54) is 16.2 Å². The molecule has 2 aromatic rings. The number of carbonyl (C=O) groups excluding carboxylic acids is 2. The number of fused-ring (bicyclic) bond motifs is 1. The Morgan fingerprint density at radius 3 is 2.88 bits per heavy atom. The summed E-state index contributed by atoms with van der Waals surface area (Å²) in [5.74, 6) is -0.376. The van der Waals surface area contributed by atoms with E-state index in [1.807, 2.05) is 19.1 Å². The van der Waals surface area contributed by atoms with Crippen LogP contribution >= 0.6 is 11.3 Å². The molecule has 3 rings (SSSR count). The van der Waals surface area contributed by atoms with Gasteiger partial charge >= 0.3 is 5.97 Å². The van der Waals surface area contributed by atoms with Crippen molar-refractivity contribution in [1.82, 2.24) is 0 Å². The van der Waals surface area contributed by atoms with Crippen molar-refractivity contribution in [2.75, 3.05) is 11.9 Å². The van der Waals surface area contributed by atoms with Crippen molar-refractivity contribution < 1.29 is 14.3 Å². The number of nitriles is 1. The molecule has 1 atom stereocenters. The van der Waals surface area contributed by atoms with Gasteiger partial charge in [-0.1, -0.05) is 25.1 Å². The molecule has 0 spiro atoms. The maximum absolute atomic E-state index is 12.2. The van der Waals surface area contributed by atoms with Crippen LogP contribution in [0.5, 0.6) is 0 Å². The van der Waals surface area contributed by atoms with Crippen molar-refractivity contribution in [2.24, 2.45) is 5.92 Å². The Hall–Kier alpha value is -2.65. The van der Waals surface area contributed by atoms with Crippen LogP contribution in [-0.4, -0.2) is 18.5 Å². The largest absolute Gasteiger partial charge is 0.452 e. The molecule has 134 valence electrons. The Morgan fingerprint density at radius 1 is 1.38 bits per heavy atom. The van der Waals surface area contributed by atoms with E-state index in [-0.39, 0.29) is 6.61 Å². The lowest BCUT2D eigenvalue weighted by molar-refractivity contribution is -0.119. The van der Waals surface area contributed by atoms with Crippen LogP contribution < -0.4 is 5.32 Å². The van der Waals surface area contributed by atoms with Crippen molar-refractivity contribution in [3.05, 3.63) is 51.4 Å². The second kappa shape index (κ2) is 7.71. The lowest BCUT2D eigenvalue weighted by Gasteiger charge is -2.17. The summed E-state index contributed by atoms with van der Waals surface area (Å²) < 4.78 is 5.11. The van der Waals surface area contributed by atoms with Crippen molar-refractivity contribution >= 4 is 28.2 Å². The molecule has 1 aromatic carbocycles. The standard InChI is InChI=1S/C20H20N2O3S/c1-12-7-8-15-16(10-21)19(26-17(15)9-12)22-18(23)11-25-20(24)14-6-4-3-5-13(14)2/h3-6,12H,7-9,11H2,1-2H3,(H,22,23). The second-order valence-electron chi connectivity index (χ2n) is 6.61. The van der Waals surface area contributed by atoms with Crippen LogP contribution in [0.2, 0.25) is 0 Å². The van der Waals surface area contributed by atoms with Crippen LogP contribution in [0.15, 0.2) is 24.3 Å². The first-order valence-corrected chi connectivity index (χ1v) is 9.38.